The third-order valence-electron chi connectivity index (χ3n) is 3.09. The van der Waals surface area contributed by atoms with E-state index >= 15 is 0 Å². The Balaban J connectivity index is 2.00. The molecule has 1 aromatic carbocycles. The molecule has 1 aliphatic heterocycles. The topological polar surface area (TPSA) is 85.3 Å². The number of fused-ring (bicyclic) bond motifs is 1. The van der Waals surface area contributed by atoms with Crippen molar-refractivity contribution < 1.29 is 28.9 Å². The number of hydrogen-bond donors (Lipinski definition) is 1. The molecule has 0 aromatic heterocycles. The number of nitrogens with zero attached hydrogens (tertiary/aromatic N) is 1. The van der Waals surface area contributed by atoms with Gasteiger partial charge in [0.25, 0.3) is 0 Å². The lowest BCUT2D eigenvalue weighted by Crippen LogP contribution is -2.40. The number of hydrogen-bond acceptors (Lipinski definition) is 5. The van der Waals surface area contributed by atoms with Gasteiger partial charge >= 0.3 is 12.1 Å². The summed E-state index contributed by atoms with van der Waals surface area (Å²) in [6.07, 6.45) is -0.149. The molecule has 0 aliphatic carbocycles. The minimum Gasteiger partial charge on any atom is -0.480 e. The summed E-state index contributed by atoms with van der Waals surface area (Å²) >= 11 is 0. The van der Waals surface area contributed by atoms with Crippen molar-refractivity contribution in [1.29, 1.82) is 0 Å². The maximum absolute atomic E-state index is 12.1. The van der Waals surface area contributed by atoms with Crippen molar-refractivity contribution in [2.45, 2.75) is 32.8 Å². The van der Waals surface area contributed by atoms with Gasteiger partial charge in [-0.2, -0.15) is 0 Å². The Bertz CT molecular complexity index is 593. The van der Waals surface area contributed by atoms with Crippen LogP contribution in [0.1, 0.15) is 26.3 Å². The van der Waals surface area contributed by atoms with Crippen LogP contribution < -0.4 is 9.47 Å². The summed E-state index contributed by atoms with van der Waals surface area (Å²) in [6, 6.07) is 5.49. The number of carboxylic acid groups (broad SMARTS) is 1. The molecule has 0 fully saturated rings. The fourth-order valence-corrected chi connectivity index (χ4v) is 2.09. The minimum atomic E-state index is -1.08. The van der Waals surface area contributed by atoms with Gasteiger partial charge in [0.15, 0.2) is 11.5 Å². The second kappa shape index (κ2) is 6.76. The summed E-state index contributed by atoms with van der Waals surface area (Å²) in [6.45, 7) is 5.24. The summed E-state index contributed by atoms with van der Waals surface area (Å²) in [5.41, 5.74) is 0.250. The molecule has 2 rings (SSSR count). The molecule has 7 heteroatoms. The number of aliphatic carboxylic acids is 1. The molecule has 7 nitrogen and oxygen atoms in total. The highest BCUT2D eigenvalue weighted by Gasteiger charge is 2.24. The van der Waals surface area contributed by atoms with Gasteiger partial charge in [-0.25, -0.2) is 4.79 Å². The molecule has 1 aliphatic rings. The van der Waals surface area contributed by atoms with E-state index in [9.17, 15) is 9.59 Å². The predicted octanol–water partition coefficient (Wildman–Crippen LogP) is 2.28. The molecule has 0 unspecified atom stereocenters. The average molecular weight is 323 g/mol. The van der Waals surface area contributed by atoms with Crippen molar-refractivity contribution in [2.75, 3.05) is 19.9 Å². The van der Waals surface area contributed by atoms with Gasteiger partial charge in [0.2, 0.25) is 6.79 Å². The lowest BCUT2D eigenvalue weighted by Gasteiger charge is -2.26. The molecule has 0 spiro atoms. The van der Waals surface area contributed by atoms with Crippen LogP contribution in [0.5, 0.6) is 11.5 Å². The molecule has 0 bridgehead atoms. The van der Waals surface area contributed by atoms with Crippen LogP contribution in [0.3, 0.4) is 0 Å². The fraction of sp³-hybridized carbons (Fsp3) is 0.500. The van der Waals surface area contributed by atoms with E-state index in [0.29, 0.717) is 17.9 Å². The molecule has 0 saturated heterocycles. The quantitative estimate of drug-likeness (QED) is 0.895. The summed E-state index contributed by atoms with van der Waals surface area (Å²) in [5, 5.41) is 8.97. The van der Waals surface area contributed by atoms with Crippen molar-refractivity contribution >= 4 is 12.1 Å². The number of benzene rings is 1. The standard InChI is InChI=1S/C16H21NO6/c1-16(2,3)23-15(20)17(9-14(18)19)7-6-11-4-5-12-13(8-11)22-10-21-12/h4-5,8H,6-7,9-10H2,1-3H3,(H,18,19). The highest BCUT2D eigenvalue weighted by atomic mass is 16.7. The Morgan fingerprint density at radius 3 is 2.61 bits per heavy atom. The second-order valence-corrected chi connectivity index (χ2v) is 6.23. The zero-order chi connectivity index (χ0) is 17.0. The van der Waals surface area contributed by atoms with E-state index in [1.165, 1.54) is 4.90 Å². The predicted molar refractivity (Wildman–Crippen MR) is 81.7 cm³/mol. The van der Waals surface area contributed by atoms with Crippen molar-refractivity contribution in [3.8, 4) is 11.5 Å². The molecule has 1 aromatic rings. The van der Waals surface area contributed by atoms with E-state index in [-0.39, 0.29) is 13.3 Å². The lowest BCUT2D eigenvalue weighted by atomic mass is 10.1. The van der Waals surface area contributed by atoms with E-state index in [1.807, 2.05) is 12.1 Å². The number of ether oxygens (including phenoxy) is 3. The second-order valence-electron chi connectivity index (χ2n) is 6.23. The molecule has 1 heterocycles. The van der Waals surface area contributed by atoms with E-state index in [1.54, 1.807) is 26.8 Å². The molecular formula is C16H21NO6. The first-order valence-electron chi connectivity index (χ1n) is 7.33. The van der Waals surface area contributed by atoms with Crippen molar-refractivity contribution in [1.82, 2.24) is 4.90 Å². The first-order chi connectivity index (χ1) is 10.7. The normalized spacial score (nSPS) is 12.8. The van der Waals surface area contributed by atoms with E-state index < -0.39 is 24.2 Å². The third-order valence-corrected chi connectivity index (χ3v) is 3.09. The van der Waals surface area contributed by atoms with E-state index in [0.717, 1.165) is 5.56 Å². The molecule has 0 radical (unpaired) electrons. The zero-order valence-electron chi connectivity index (χ0n) is 13.5. The van der Waals surface area contributed by atoms with Gasteiger partial charge in [0.05, 0.1) is 0 Å². The summed E-state index contributed by atoms with van der Waals surface area (Å²) in [7, 11) is 0. The monoisotopic (exact) mass is 323 g/mol. The molecular weight excluding hydrogens is 302 g/mol. The summed E-state index contributed by atoms with van der Waals surface area (Å²) in [5.74, 6) is 0.259. The van der Waals surface area contributed by atoms with Crippen LogP contribution in [0.15, 0.2) is 18.2 Å². The minimum absolute atomic E-state index is 0.196. The van der Waals surface area contributed by atoms with Gasteiger partial charge in [-0.1, -0.05) is 6.07 Å². The van der Waals surface area contributed by atoms with Gasteiger partial charge in [-0.05, 0) is 44.9 Å². The molecule has 1 amide bonds. The highest BCUT2D eigenvalue weighted by molar-refractivity contribution is 5.76. The van der Waals surface area contributed by atoms with Crippen LogP contribution >= 0.6 is 0 Å². The van der Waals surface area contributed by atoms with Gasteiger partial charge in [0, 0.05) is 6.54 Å². The number of amides is 1. The molecule has 1 N–H and O–H groups in total. The first-order valence-corrected chi connectivity index (χ1v) is 7.33. The van der Waals surface area contributed by atoms with Gasteiger partial charge in [-0.3, -0.25) is 9.69 Å². The van der Waals surface area contributed by atoms with Gasteiger partial charge < -0.3 is 19.3 Å². The van der Waals surface area contributed by atoms with Gasteiger partial charge in [-0.15, -0.1) is 0 Å². The van der Waals surface area contributed by atoms with E-state index in [4.69, 9.17) is 19.3 Å². The average Bonchev–Trinajstić information content (AvgIpc) is 2.88. The summed E-state index contributed by atoms with van der Waals surface area (Å²) < 4.78 is 15.8. The van der Waals surface area contributed by atoms with Crippen LogP contribution in [0, 0.1) is 0 Å². The van der Waals surface area contributed by atoms with Crippen molar-refractivity contribution in [2.24, 2.45) is 0 Å². The molecule has 126 valence electrons. The van der Waals surface area contributed by atoms with Crippen LogP contribution in [0.25, 0.3) is 0 Å². The largest absolute Gasteiger partial charge is 0.480 e. The molecule has 0 atom stereocenters. The van der Waals surface area contributed by atoms with Crippen LogP contribution in [0.4, 0.5) is 4.79 Å². The van der Waals surface area contributed by atoms with Crippen molar-refractivity contribution in [3.63, 3.8) is 0 Å². The Morgan fingerprint density at radius 2 is 1.96 bits per heavy atom. The Hall–Kier alpha value is -2.44. The number of carboxylic acids is 1. The summed E-state index contributed by atoms with van der Waals surface area (Å²) in [4.78, 5) is 24.2. The number of carbonyl (C=O) groups excluding carboxylic acids is 1. The fourth-order valence-electron chi connectivity index (χ4n) is 2.09. The smallest absolute Gasteiger partial charge is 0.410 e. The Labute approximate surface area is 134 Å². The maximum atomic E-state index is 12.1. The Kier molecular flexibility index (Phi) is 4.98. The first kappa shape index (κ1) is 16.9. The lowest BCUT2D eigenvalue weighted by molar-refractivity contribution is -0.138. The van der Waals surface area contributed by atoms with Crippen LogP contribution in [-0.2, 0) is 16.0 Å². The Morgan fingerprint density at radius 1 is 1.26 bits per heavy atom. The van der Waals surface area contributed by atoms with Crippen LogP contribution in [-0.4, -0.2) is 47.6 Å². The third kappa shape index (κ3) is 5.05. The van der Waals surface area contributed by atoms with Crippen molar-refractivity contribution in [3.05, 3.63) is 23.8 Å². The zero-order valence-corrected chi connectivity index (χ0v) is 13.5. The van der Waals surface area contributed by atoms with Gasteiger partial charge in [0.1, 0.15) is 12.1 Å². The van der Waals surface area contributed by atoms with Crippen LogP contribution in [0.2, 0.25) is 0 Å². The number of carbonyl (C=O) groups is 2. The molecule has 0 saturated carbocycles. The maximum Gasteiger partial charge on any atom is 0.410 e. The SMILES string of the molecule is CC(C)(C)OC(=O)N(CCc1ccc2c(c1)OCO2)CC(=O)O. The van der Waals surface area contributed by atoms with E-state index in [2.05, 4.69) is 0 Å². The highest BCUT2D eigenvalue weighted by Crippen LogP contribution is 2.32. The number of rotatable bonds is 5. The molecule has 23 heavy (non-hydrogen) atoms.